The van der Waals surface area contributed by atoms with Crippen molar-refractivity contribution in [3.05, 3.63) is 75.4 Å². The predicted octanol–water partition coefficient (Wildman–Crippen LogP) is 5.91. The first-order chi connectivity index (χ1) is 17.2. The molecule has 1 aromatic heterocycles. The molecule has 0 saturated carbocycles. The minimum Gasteiger partial charge on any atom is -0.492 e. The number of halogens is 2. The van der Waals surface area contributed by atoms with Crippen LogP contribution in [0.1, 0.15) is 24.0 Å². The minimum absolute atomic E-state index is 0.103. The largest absolute Gasteiger partial charge is 0.492 e. The zero-order valence-electron chi connectivity index (χ0n) is 20.2. The van der Waals surface area contributed by atoms with Crippen molar-refractivity contribution >= 4 is 43.4 Å². The van der Waals surface area contributed by atoms with Gasteiger partial charge in [0.1, 0.15) is 12.4 Å². The Balaban J connectivity index is 1.44. The average Bonchev–Trinajstić information content (AvgIpc) is 2.85. The second-order valence-electron chi connectivity index (χ2n) is 9.03. The first-order valence-electron chi connectivity index (χ1n) is 11.7. The normalized spacial score (nSPS) is 15.0. The zero-order valence-corrected chi connectivity index (χ0v) is 23.4. The van der Waals surface area contributed by atoms with E-state index in [-0.39, 0.29) is 17.3 Å². The monoisotopic (exact) mass is 593 g/mol. The summed E-state index contributed by atoms with van der Waals surface area (Å²) in [7, 11) is -1.69. The quantitative estimate of drug-likeness (QED) is 0.332. The van der Waals surface area contributed by atoms with Crippen LogP contribution in [0.2, 0.25) is 5.02 Å². The number of hydrogen-bond acceptors (Lipinski definition) is 6. The van der Waals surface area contributed by atoms with Gasteiger partial charge in [0.2, 0.25) is 0 Å². The minimum atomic E-state index is -3.83. The number of likely N-dealkylation sites (tertiary alicyclic amines) is 1. The molecule has 10 heteroatoms. The van der Waals surface area contributed by atoms with Gasteiger partial charge in [0.25, 0.3) is 10.0 Å². The molecule has 0 radical (unpaired) electrons. The average molecular weight is 595 g/mol. The number of aryl methyl sites for hydroxylation is 1. The molecule has 2 aromatic carbocycles. The van der Waals surface area contributed by atoms with Gasteiger partial charge in [0.05, 0.1) is 16.5 Å². The highest BCUT2D eigenvalue weighted by molar-refractivity contribution is 9.10. The lowest BCUT2D eigenvalue weighted by molar-refractivity contribution is 0.160. The van der Waals surface area contributed by atoms with Crippen molar-refractivity contribution in [1.82, 2.24) is 9.88 Å². The number of hydrogen-bond donors (Lipinski definition) is 1. The van der Waals surface area contributed by atoms with Crippen LogP contribution in [0.15, 0.2) is 64.1 Å². The van der Waals surface area contributed by atoms with Gasteiger partial charge in [-0.25, -0.2) is 13.4 Å². The Morgan fingerprint density at radius 3 is 2.53 bits per heavy atom. The van der Waals surface area contributed by atoms with Gasteiger partial charge in [0.15, 0.2) is 11.6 Å². The van der Waals surface area contributed by atoms with Gasteiger partial charge in [0, 0.05) is 10.7 Å². The number of anilines is 1. The van der Waals surface area contributed by atoms with Crippen LogP contribution >= 0.6 is 27.5 Å². The molecule has 7 nitrogen and oxygen atoms in total. The van der Waals surface area contributed by atoms with Gasteiger partial charge in [-0.15, -0.1) is 0 Å². The standard InChI is InChI=1S/C26H29BrClN3O4S/c1-18-3-6-22(7-4-18)36(32,33)30-26-25(14-21(27)15-29-26)35-17-20-5-8-23(28)24(13-20)34-16-19-9-11-31(2)12-10-19/h3-8,13-15,19H,9-12,16-17H2,1-2H3,(H,29,30). The SMILES string of the molecule is Cc1ccc(S(=O)(=O)Nc2ncc(Br)cc2OCc2ccc(Cl)c(OCC3CCN(C)CC3)c2)cc1. The topological polar surface area (TPSA) is 80.8 Å². The molecular weight excluding hydrogens is 566 g/mol. The molecule has 1 N–H and O–H groups in total. The van der Waals surface area contributed by atoms with E-state index < -0.39 is 10.0 Å². The Labute approximate surface area is 226 Å². The fraction of sp³-hybridized carbons (Fsp3) is 0.346. The lowest BCUT2D eigenvalue weighted by Crippen LogP contribution is -2.32. The molecule has 0 atom stereocenters. The Morgan fingerprint density at radius 2 is 1.81 bits per heavy atom. The van der Waals surface area contributed by atoms with E-state index in [9.17, 15) is 8.42 Å². The third kappa shape index (κ3) is 7.12. The smallest absolute Gasteiger partial charge is 0.263 e. The van der Waals surface area contributed by atoms with Crippen LogP contribution in [0.5, 0.6) is 11.5 Å². The maximum Gasteiger partial charge on any atom is 0.263 e. The summed E-state index contributed by atoms with van der Waals surface area (Å²) in [6.07, 6.45) is 3.72. The van der Waals surface area contributed by atoms with Gasteiger partial charge in [-0.05, 0) is 97.6 Å². The second kappa shape index (κ2) is 11.8. The summed E-state index contributed by atoms with van der Waals surface area (Å²) in [5.41, 5.74) is 1.81. The molecule has 1 fully saturated rings. The molecule has 2 heterocycles. The lowest BCUT2D eigenvalue weighted by atomic mass is 9.98. The molecule has 192 valence electrons. The Kier molecular flexibility index (Phi) is 8.77. The van der Waals surface area contributed by atoms with E-state index in [0.717, 1.165) is 37.1 Å². The lowest BCUT2D eigenvalue weighted by Gasteiger charge is -2.28. The van der Waals surface area contributed by atoms with E-state index in [2.05, 4.69) is 37.6 Å². The van der Waals surface area contributed by atoms with E-state index in [1.54, 1.807) is 36.4 Å². The van der Waals surface area contributed by atoms with Crippen molar-refractivity contribution in [2.75, 3.05) is 31.5 Å². The maximum atomic E-state index is 12.9. The van der Waals surface area contributed by atoms with Crippen LogP contribution in [0, 0.1) is 12.8 Å². The number of benzene rings is 2. The number of sulfonamides is 1. The molecule has 3 aromatic rings. The molecule has 1 saturated heterocycles. The van der Waals surface area contributed by atoms with Crippen LogP contribution in [0.25, 0.3) is 0 Å². The first-order valence-corrected chi connectivity index (χ1v) is 14.3. The van der Waals surface area contributed by atoms with Crippen LogP contribution in [-0.4, -0.2) is 45.0 Å². The van der Waals surface area contributed by atoms with E-state index in [1.807, 2.05) is 19.1 Å². The molecule has 0 unspecified atom stereocenters. The van der Waals surface area contributed by atoms with E-state index >= 15 is 0 Å². The van der Waals surface area contributed by atoms with Crippen molar-refractivity contribution in [1.29, 1.82) is 0 Å². The Bertz CT molecular complexity index is 1300. The summed E-state index contributed by atoms with van der Waals surface area (Å²) >= 11 is 9.75. The van der Waals surface area contributed by atoms with Gasteiger partial charge >= 0.3 is 0 Å². The Morgan fingerprint density at radius 1 is 1.08 bits per heavy atom. The third-order valence-corrected chi connectivity index (χ3v) is 8.19. The van der Waals surface area contributed by atoms with E-state index in [1.165, 1.54) is 6.20 Å². The summed E-state index contributed by atoms with van der Waals surface area (Å²) < 4.78 is 41.0. The number of nitrogens with one attached hydrogen (secondary N) is 1. The molecular formula is C26H29BrClN3O4S. The molecule has 0 bridgehead atoms. The van der Waals surface area contributed by atoms with Crippen molar-refractivity contribution in [3.63, 3.8) is 0 Å². The molecule has 1 aliphatic heterocycles. The summed E-state index contributed by atoms with van der Waals surface area (Å²) in [6.45, 7) is 4.85. The van der Waals surface area contributed by atoms with Gasteiger partial charge in [-0.1, -0.05) is 35.4 Å². The zero-order chi connectivity index (χ0) is 25.7. The number of nitrogens with zero attached hydrogens (tertiary/aromatic N) is 2. The molecule has 36 heavy (non-hydrogen) atoms. The fourth-order valence-electron chi connectivity index (χ4n) is 3.86. The summed E-state index contributed by atoms with van der Waals surface area (Å²) in [4.78, 5) is 6.70. The van der Waals surface area contributed by atoms with Crippen LogP contribution in [0.4, 0.5) is 5.82 Å². The summed E-state index contributed by atoms with van der Waals surface area (Å²) in [5.74, 6) is 1.52. The molecule has 0 amide bonds. The highest BCUT2D eigenvalue weighted by Gasteiger charge is 2.19. The van der Waals surface area contributed by atoms with Crippen molar-refractivity contribution < 1.29 is 17.9 Å². The molecule has 0 aliphatic carbocycles. The highest BCUT2D eigenvalue weighted by atomic mass is 79.9. The molecule has 4 rings (SSSR count). The van der Waals surface area contributed by atoms with Gasteiger partial charge in [-0.3, -0.25) is 4.72 Å². The van der Waals surface area contributed by atoms with E-state index in [0.29, 0.717) is 33.5 Å². The highest BCUT2D eigenvalue weighted by Crippen LogP contribution is 2.31. The van der Waals surface area contributed by atoms with Gasteiger partial charge < -0.3 is 14.4 Å². The third-order valence-electron chi connectivity index (χ3n) is 6.08. The van der Waals surface area contributed by atoms with Crippen molar-refractivity contribution in [3.8, 4) is 11.5 Å². The summed E-state index contributed by atoms with van der Waals surface area (Å²) in [5, 5.41) is 0.544. The van der Waals surface area contributed by atoms with Crippen molar-refractivity contribution in [2.45, 2.75) is 31.3 Å². The van der Waals surface area contributed by atoms with Gasteiger partial charge in [-0.2, -0.15) is 0 Å². The summed E-state index contributed by atoms with van der Waals surface area (Å²) in [6, 6.07) is 13.8. The fourth-order valence-corrected chi connectivity index (χ4v) is 5.36. The second-order valence-corrected chi connectivity index (χ2v) is 12.0. The van der Waals surface area contributed by atoms with Crippen LogP contribution in [-0.2, 0) is 16.6 Å². The number of ether oxygens (including phenoxy) is 2. The predicted molar refractivity (Wildman–Crippen MR) is 145 cm³/mol. The molecule has 1 aliphatic rings. The van der Waals surface area contributed by atoms with Crippen LogP contribution < -0.4 is 14.2 Å². The van der Waals surface area contributed by atoms with E-state index in [4.69, 9.17) is 21.1 Å². The number of rotatable bonds is 9. The number of piperidine rings is 1. The number of pyridine rings is 1. The Hall–Kier alpha value is -2.33. The molecule has 0 spiro atoms. The van der Waals surface area contributed by atoms with Crippen molar-refractivity contribution in [2.24, 2.45) is 5.92 Å². The van der Waals surface area contributed by atoms with Crippen LogP contribution in [0.3, 0.4) is 0 Å². The first kappa shape index (κ1) is 26.7. The maximum absolute atomic E-state index is 12.9. The number of aromatic nitrogens is 1.